The van der Waals surface area contributed by atoms with E-state index in [0.29, 0.717) is 0 Å². The van der Waals surface area contributed by atoms with Gasteiger partial charge in [0.2, 0.25) is 0 Å². The van der Waals surface area contributed by atoms with Crippen LogP contribution >= 0.6 is 0 Å². The van der Waals surface area contributed by atoms with Gasteiger partial charge in [0, 0.05) is 39.3 Å². The van der Waals surface area contributed by atoms with Crippen LogP contribution in [-0.2, 0) is 13.0 Å². The van der Waals surface area contributed by atoms with E-state index >= 15 is 0 Å². The Morgan fingerprint density at radius 1 is 0.762 bits per heavy atom. The molecule has 0 atom stereocenters. The van der Waals surface area contributed by atoms with Crippen molar-refractivity contribution in [3.8, 4) is 0 Å². The maximum Gasteiger partial charge on any atom is 0.0234 e. The van der Waals surface area contributed by atoms with E-state index in [-0.39, 0.29) is 0 Å². The number of rotatable bonds is 5. The van der Waals surface area contributed by atoms with Gasteiger partial charge in [-0.2, -0.15) is 0 Å². The molecule has 116 valence electrons. The molecule has 1 aromatic carbocycles. The van der Waals surface area contributed by atoms with E-state index in [9.17, 15) is 0 Å². The van der Waals surface area contributed by atoms with E-state index < -0.39 is 0 Å². The Morgan fingerprint density at radius 2 is 1.43 bits per heavy atom. The summed E-state index contributed by atoms with van der Waals surface area (Å²) in [5.74, 6) is 0. The van der Waals surface area contributed by atoms with Crippen molar-refractivity contribution >= 4 is 0 Å². The van der Waals surface area contributed by atoms with Gasteiger partial charge in [-0.15, -0.1) is 0 Å². The fraction of sp³-hybridized carbons (Fsp3) is 0.667. The van der Waals surface area contributed by atoms with Gasteiger partial charge in [-0.05, 0) is 43.5 Å². The van der Waals surface area contributed by atoms with Crippen LogP contribution in [0.25, 0.3) is 0 Å². The maximum atomic E-state index is 3.41. The number of piperazine rings is 1. The number of nitrogens with one attached hydrogen (secondary N) is 1. The fourth-order valence-electron chi connectivity index (χ4n) is 3.41. The van der Waals surface area contributed by atoms with E-state index in [1.54, 1.807) is 0 Å². The average Bonchev–Trinajstić information content (AvgIpc) is 2.56. The lowest BCUT2D eigenvalue weighted by Crippen LogP contribution is -2.42. The Labute approximate surface area is 129 Å². The Kier molecular flexibility index (Phi) is 5.67. The predicted molar refractivity (Wildman–Crippen MR) is 88.6 cm³/mol. The topological polar surface area (TPSA) is 18.5 Å². The molecule has 0 aromatic heterocycles. The van der Waals surface area contributed by atoms with Gasteiger partial charge in [-0.25, -0.2) is 0 Å². The van der Waals surface area contributed by atoms with E-state index in [0.717, 1.165) is 19.6 Å². The van der Waals surface area contributed by atoms with Gasteiger partial charge < -0.3 is 10.2 Å². The highest BCUT2D eigenvalue weighted by atomic mass is 15.2. The van der Waals surface area contributed by atoms with E-state index in [1.807, 2.05) is 0 Å². The predicted octanol–water partition coefficient (Wildman–Crippen LogP) is 2.12. The van der Waals surface area contributed by atoms with Crippen molar-refractivity contribution in [1.82, 2.24) is 15.1 Å². The quantitative estimate of drug-likeness (QED) is 0.895. The number of hydrogen-bond acceptors (Lipinski definition) is 3. The van der Waals surface area contributed by atoms with Crippen molar-refractivity contribution in [1.29, 1.82) is 0 Å². The summed E-state index contributed by atoms with van der Waals surface area (Å²) in [7, 11) is 0. The highest BCUT2D eigenvalue weighted by molar-refractivity contribution is 5.22. The zero-order valence-corrected chi connectivity index (χ0v) is 13.2. The third-order valence-electron chi connectivity index (χ3n) is 4.80. The number of likely N-dealkylation sites (tertiary alicyclic amines) is 1. The molecule has 3 heteroatoms. The van der Waals surface area contributed by atoms with E-state index in [2.05, 4.69) is 39.4 Å². The van der Waals surface area contributed by atoms with Crippen LogP contribution in [-0.4, -0.2) is 55.6 Å². The molecule has 3 rings (SSSR count). The molecule has 0 spiro atoms. The molecule has 2 saturated heterocycles. The summed E-state index contributed by atoms with van der Waals surface area (Å²) in [6, 6.07) is 9.32. The minimum Gasteiger partial charge on any atom is -0.314 e. The molecule has 0 radical (unpaired) electrons. The van der Waals surface area contributed by atoms with Crippen molar-refractivity contribution in [2.45, 2.75) is 32.2 Å². The maximum absolute atomic E-state index is 3.41. The molecule has 21 heavy (non-hydrogen) atoms. The second-order valence-corrected chi connectivity index (χ2v) is 6.49. The van der Waals surface area contributed by atoms with Crippen LogP contribution in [0.5, 0.6) is 0 Å². The summed E-state index contributed by atoms with van der Waals surface area (Å²) in [5, 5.41) is 3.41. The van der Waals surface area contributed by atoms with Crippen molar-refractivity contribution < 1.29 is 0 Å². The van der Waals surface area contributed by atoms with E-state index in [1.165, 1.54) is 69.5 Å². The molecule has 3 nitrogen and oxygen atoms in total. The smallest absolute Gasteiger partial charge is 0.0234 e. The summed E-state index contributed by atoms with van der Waals surface area (Å²) >= 11 is 0. The van der Waals surface area contributed by atoms with Gasteiger partial charge in [0.05, 0.1) is 0 Å². The van der Waals surface area contributed by atoms with Gasteiger partial charge >= 0.3 is 0 Å². The van der Waals surface area contributed by atoms with Gasteiger partial charge in [0.15, 0.2) is 0 Å². The fourth-order valence-corrected chi connectivity index (χ4v) is 3.41. The van der Waals surface area contributed by atoms with Crippen molar-refractivity contribution in [2.24, 2.45) is 0 Å². The third-order valence-corrected chi connectivity index (χ3v) is 4.80. The monoisotopic (exact) mass is 287 g/mol. The molecule has 0 saturated carbocycles. The number of hydrogen-bond donors (Lipinski definition) is 1. The first-order valence-electron chi connectivity index (χ1n) is 8.63. The summed E-state index contributed by atoms with van der Waals surface area (Å²) < 4.78 is 0. The lowest BCUT2D eigenvalue weighted by Gasteiger charge is -2.27. The van der Waals surface area contributed by atoms with Gasteiger partial charge in [0.25, 0.3) is 0 Å². The molecule has 0 aliphatic carbocycles. The number of nitrogens with zero attached hydrogens (tertiary/aromatic N) is 2. The Bertz CT molecular complexity index is 403. The van der Waals surface area contributed by atoms with Crippen molar-refractivity contribution in [2.75, 3.05) is 45.8 Å². The molecule has 1 aromatic rings. The van der Waals surface area contributed by atoms with Gasteiger partial charge in [-0.1, -0.05) is 30.7 Å². The zero-order chi connectivity index (χ0) is 14.3. The Morgan fingerprint density at radius 3 is 2.14 bits per heavy atom. The van der Waals surface area contributed by atoms with Gasteiger partial charge in [0.1, 0.15) is 0 Å². The third kappa shape index (κ3) is 4.80. The molecule has 2 heterocycles. The van der Waals surface area contributed by atoms with Crippen molar-refractivity contribution in [3.63, 3.8) is 0 Å². The molecule has 2 fully saturated rings. The summed E-state index contributed by atoms with van der Waals surface area (Å²) in [6.45, 7) is 9.57. The zero-order valence-electron chi connectivity index (χ0n) is 13.2. The summed E-state index contributed by atoms with van der Waals surface area (Å²) in [6.07, 6.45) is 5.42. The van der Waals surface area contributed by atoms with Gasteiger partial charge in [-0.3, -0.25) is 4.90 Å². The molecular formula is C18H29N3. The molecular weight excluding hydrogens is 258 g/mol. The highest BCUT2D eigenvalue weighted by Crippen LogP contribution is 2.12. The summed E-state index contributed by atoms with van der Waals surface area (Å²) in [5.41, 5.74) is 2.95. The molecule has 2 aliphatic heterocycles. The highest BCUT2D eigenvalue weighted by Gasteiger charge is 2.11. The second kappa shape index (κ2) is 7.92. The first-order valence-corrected chi connectivity index (χ1v) is 8.63. The summed E-state index contributed by atoms with van der Waals surface area (Å²) in [4.78, 5) is 5.16. The first kappa shape index (κ1) is 15.0. The van der Waals surface area contributed by atoms with Crippen LogP contribution in [0.1, 0.15) is 30.4 Å². The first-order chi connectivity index (χ1) is 10.4. The normalized spacial score (nSPS) is 21.5. The number of benzene rings is 1. The molecule has 0 unspecified atom stereocenters. The SMILES string of the molecule is c1cc(CN2CCNCC2)ccc1CCN1CCCCC1. The van der Waals surface area contributed by atoms with Crippen LogP contribution in [0.2, 0.25) is 0 Å². The van der Waals surface area contributed by atoms with Crippen molar-refractivity contribution in [3.05, 3.63) is 35.4 Å². The number of piperidine rings is 1. The van der Waals surface area contributed by atoms with Crippen LogP contribution in [0.3, 0.4) is 0 Å². The van der Waals surface area contributed by atoms with Crippen LogP contribution in [0.15, 0.2) is 24.3 Å². The molecule has 0 amide bonds. The average molecular weight is 287 g/mol. The standard InChI is InChI=1S/C18H29N3/c1-2-11-20(12-3-1)13-8-17-4-6-18(7-5-17)16-21-14-9-19-10-15-21/h4-7,19H,1-3,8-16H2. The van der Waals surface area contributed by atoms with Crippen LogP contribution in [0.4, 0.5) is 0 Å². The molecule has 0 bridgehead atoms. The molecule has 2 aliphatic rings. The lowest BCUT2D eigenvalue weighted by atomic mass is 10.1. The Hall–Kier alpha value is -0.900. The lowest BCUT2D eigenvalue weighted by molar-refractivity contribution is 0.231. The largest absolute Gasteiger partial charge is 0.314 e. The second-order valence-electron chi connectivity index (χ2n) is 6.49. The van der Waals surface area contributed by atoms with Crippen LogP contribution in [0, 0.1) is 0 Å². The molecule has 1 N–H and O–H groups in total. The Balaban J connectivity index is 1.44. The minimum atomic E-state index is 1.11. The van der Waals surface area contributed by atoms with Crippen LogP contribution < -0.4 is 5.32 Å². The van der Waals surface area contributed by atoms with E-state index in [4.69, 9.17) is 0 Å². The minimum absolute atomic E-state index is 1.11.